The quantitative estimate of drug-likeness (QED) is 0.196. The molecule has 0 spiro atoms. The standard InChI is InChI=1S/C33H38O4/c1-7-8-22-16-29(31-27-15-20(2)9-14-28(27)33(4,5)37-30(31)17-22)36-32(34)21(3)23-10-11-25-19-26(35-6)13-12-24(25)18-23/h10-13,15-19,21,27-28H,7-9,14H2,1-6H3/t21-,27?,28?/m0/s1. The topological polar surface area (TPSA) is 44.8 Å². The van der Waals surface area contributed by atoms with E-state index in [4.69, 9.17) is 14.2 Å². The van der Waals surface area contributed by atoms with Crippen LogP contribution in [0.3, 0.4) is 0 Å². The van der Waals surface area contributed by atoms with Crippen LogP contribution in [0.25, 0.3) is 10.8 Å². The maximum absolute atomic E-state index is 13.6. The predicted molar refractivity (Wildman–Crippen MR) is 149 cm³/mol. The third-order valence-corrected chi connectivity index (χ3v) is 8.18. The van der Waals surface area contributed by atoms with E-state index in [-0.39, 0.29) is 17.5 Å². The van der Waals surface area contributed by atoms with Crippen LogP contribution >= 0.6 is 0 Å². The van der Waals surface area contributed by atoms with Crippen molar-refractivity contribution in [2.24, 2.45) is 5.92 Å². The number of esters is 1. The highest BCUT2D eigenvalue weighted by Crippen LogP contribution is 2.54. The molecule has 3 aromatic rings. The molecule has 0 fully saturated rings. The van der Waals surface area contributed by atoms with E-state index >= 15 is 0 Å². The van der Waals surface area contributed by atoms with Crippen LogP contribution in [0.1, 0.15) is 82.4 Å². The van der Waals surface area contributed by atoms with Gasteiger partial charge in [-0.1, -0.05) is 49.3 Å². The van der Waals surface area contributed by atoms with E-state index in [1.54, 1.807) is 7.11 Å². The van der Waals surface area contributed by atoms with Crippen LogP contribution in [0, 0.1) is 5.92 Å². The zero-order chi connectivity index (χ0) is 26.3. The van der Waals surface area contributed by atoms with Crippen molar-refractivity contribution in [1.29, 1.82) is 0 Å². The number of hydrogen-bond donors (Lipinski definition) is 0. The SMILES string of the molecule is CCCc1cc(OC(=O)[C@@H](C)c2ccc3cc(OC)ccc3c2)c2c(c1)OC(C)(C)C1CCC(C)=CC21. The summed E-state index contributed by atoms with van der Waals surface area (Å²) in [6.45, 7) is 10.7. The van der Waals surface area contributed by atoms with Gasteiger partial charge in [0.05, 0.1) is 13.0 Å². The number of aryl methyl sites for hydroxylation is 1. The lowest BCUT2D eigenvalue weighted by molar-refractivity contribution is -0.135. The van der Waals surface area contributed by atoms with Gasteiger partial charge < -0.3 is 14.2 Å². The molecule has 0 N–H and O–H groups in total. The van der Waals surface area contributed by atoms with Crippen molar-refractivity contribution in [3.05, 3.63) is 76.9 Å². The van der Waals surface area contributed by atoms with Crippen molar-refractivity contribution in [3.63, 3.8) is 0 Å². The minimum atomic E-state index is -0.405. The Balaban J connectivity index is 1.50. The number of allylic oxidation sites excluding steroid dienone is 2. The van der Waals surface area contributed by atoms with E-state index in [0.717, 1.165) is 64.6 Å². The van der Waals surface area contributed by atoms with Gasteiger partial charge in [-0.05, 0) is 93.1 Å². The van der Waals surface area contributed by atoms with Gasteiger partial charge in [0.2, 0.25) is 0 Å². The molecular weight excluding hydrogens is 460 g/mol. The summed E-state index contributed by atoms with van der Waals surface area (Å²) in [5.41, 5.74) is 4.21. The zero-order valence-electron chi connectivity index (χ0n) is 22.9. The fraction of sp³-hybridized carbons (Fsp3) is 0.424. The number of fused-ring (bicyclic) bond motifs is 4. The van der Waals surface area contributed by atoms with E-state index in [0.29, 0.717) is 11.7 Å². The number of ether oxygens (including phenoxy) is 3. The number of carbonyl (C=O) groups excluding carboxylic acids is 1. The van der Waals surface area contributed by atoms with Crippen molar-refractivity contribution in [3.8, 4) is 17.2 Å². The number of methoxy groups -OCH3 is 1. The Morgan fingerprint density at radius 3 is 2.62 bits per heavy atom. The van der Waals surface area contributed by atoms with Gasteiger partial charge >= 0.3 is 5.97 Å². The van der Waals surface area contributed by atoms with Crippen LogP contribution in [0.5, 0.6) is 17.2 Å². The van der Waals surface area contributed by atoms with Gasteiger partial charge in [-0.25, -0.2) is 0 Å². The van der Waals surface area contributed by atoms with Gasteiger partial charge in [-0.15, -0.1) is 0 Å². The average Bonchev–Trinajstić information content (AvgIpc) is 2.87. The minimum absolute atomic E-state index is 0.178. The monoisotopic (exact) mass is 498 g/mol. The fourth-order valence-electron chi connectivity index (χ4n) is 6.05. The Hall–Kier alpha value is -3.27. The van der Waals surface area contributed by atoms with Gasteiger partial charge in [0, 0.05) is 17.4 Å². The first-order chi connectivity index (χ1) is 17.7. The molecule has 0 radical (unpaired) electrons. The zero-order valence-corrected chi connectivity index (χ0v) is 22.9. The Morgan fingerprint density at radius 1 is 1.11 bits per heavy atom. The lowest BCUT2D eigenvalue weighted by Gasteiger charge is -2.46. The van der Waals surface area contributed by atoms with Crippen LogP contribution in [-0.4, -0.2) is 18.7 Å². The number of carbonyl (C=O) groups is 1. The Kier molecular flexibility index (Phi) is 6.78. The lowest BCUT2D eigenvalue weighted by Crippen LogP contribution is -2.45. The molecule has 1 heterocycles. The van der Waals surface area contributed by atoms with Crippen molar-refractivity contribution in [2.45, 2.75) is 77.7 Å². The van der Waals surface area contributed by atoms with Crippen LogP contribution < -0.4 is 14.2 Å². The van der Waals surface area contributed by atoms with Crippen molar-refractivity contribution in [2.75, 3.05) is 7.11 Å². The summed E-state index contributed by atoms with van der Waals surface area (Å²) in [7, 11) is 1.67. The Morgan fingerprint density at radius 2 is 1.86 bits per heavy atom. The van der Waals surface area contributed by atoms with E-state index in [9.17, 15) is 4.79 Å². The molecular formula is C33H38O4. The maximum atomic E-state index is 13.6. The summed E-state index contributed by atoms with van der Waals surface area (Å²) in [6, 6.07) is 16.3. The summed E-state index contributed by atoms with van der Waals surface area (Å²) in [4.78, 5) is 13.6. The molecule has 2 unspecified atom stereocenters. The molecule has 4 heteroatoms. The summed E-state index contributed by atoms with van der Waals surface area (Å²) in [5, 5.41) is 2.15. The molecule has 0 amide bonds. The highest BCUT2D eigenvalue weighted by Gasteiger charge is 2.45. The molecule has 194 valence electrons. The molecule has 0 bridgehead atoms. The lowest BCUT2D eigenvalue weighted by atomic mass is 9.68. The summed E-state index contributed by atoms with van der Waals surface area (Å²) in [6.07, 6.45) is 6.45. The highest BCUT2D eigenvalue weighted by molar-refractivity contribution is 5.87. The molecule has 4 nitrogen and oxygen atoms in total. The van der Waals surface area contributed by atoms with Crippen molar-refractivity contribution < 1.29 is 19.0 Å². The molecule has 5 rings (SSSR count). The first-order valence-electron chi connectivity index (χ1n) is 13.5. The highest BCUT2D eigenvalue weighted by atomic mass is 16.5. The van der Waals surface area contributed by atoms with Crippen molar-refractivity contribution in [1.82, 2.24) is 0 Å². The van der Waals surface area contributed by atoms with E-state index in [2.05, 4.69) is 52.0 Å². The average molecular weight is 499 g/mol. The van der Waals surface area contributed by atoms with Crippen molar-refractivity contribution >= 4 is 16.7 Å². The predicted octanol–water partition coefficient (Wildman–Crippen LogP) is 8.12. The number of rotatable bonds is 6. The molecule has 0 aromatic heterocycles. The van der Waals surface area contributed by atoms with Crippen LogP contribution in [-0.2, 0) is 11.2 Å². The molecule has 1 aliphatic heterocycles. The molecule has 0 saturated carbocycles. The van der Waals surface area contributed by atoms with E-state index in [1.807, 2.05) is 37.3 Å². The maximum Gasteiger partial charge on any atom is 0.318 e. The summed E-state index contributed by atoms with van der Waals surface area (Å²) in [5.74, 6) is 2.20. The molecule has 3 aromatic carbocycles. The second-order valence-corrected chi connectivity index (χ2v) is 11.3. The third-order valence-electron chi connectivity index (χ3n) is 8.18. The van der Waals surface area contributed by atoms with Gasteiger partial charge in [0.25, 0.3) is 0 Å². The first-order valence-corrected chi connectivity index (χ1v) is 13.5. The van der Waals surface area contributed by atoms with Crippen LogP contribution in [0.15, 0.2) is 60.2 Å². The van der Waals surface area contributed by atoms with E-state index < -0.39 is 5.92 Å². The summed E-state index contributed by atoms with van der Waals surface area (Å²) >= 11 is 0. The number of benzene rings is 3. The van der Waals surface area contributed by atoms with Crippen LogP contribution in [0.4, 0.5) is 0 Å². The van der Waals surface area contributed by atoms with Gasteiger partial charge in [0.1, 0.15) is 22.8 Å². The van der Waals surface area contributed by atoms with Gasteiger partial charge in [-0.2, -0.15) is 0 Å². The second kappa shape index (κ2) is 9.89. The largest absolute Gasteiger partial charge is 0.497 e. The fourth-order valence-corrected chi connectivity index (χ4v) is 6.05. The molecule has 0 saturated heterocycles. The molecule has 2 aliphatic rings. The second-order valence-electron chi connectivity index (χ2n) is 11.3. The molecule has 3 atom stereocenters. The third kappa shape index (κ3) is 4.86. The van der Waals surface area contributed by atoms with E-state index in [1.165, 1.54) is 5.57 Å². The Bertz CT molecular complexity index is 1370. The van der Waals surface area contributed by atoms with Crippen LogP contribution in [0.2, 0.25) is 0 Å². The first kappa shape index (κ1) is 25.4. The summed E-state index contributed by atoms with van der Waals surface area (Å²) < 4.78 is 18.2. The smallest absolute Gasteiger partial charge is 0.318 e. The van der Waals surface area contributed by atoms with Gasteiger partial charge in [-0.3, -0.25) is 4.79 Å². The Labute approximate surface area is 220 Å². The van der Waals surface area contributed by atoms with Gasteiger partial charge in [0.15, 0.2) is 0 Å². The molecule has 37 heavy (non-hydrogen) atoms. The number of hydrogen-bond acceptors (Lipinski definition) is 4. The normalized spacial score (nSPS) is 20.8. The minimum Gasteiger partial charge on any atom is -0.497 e. The molecule has 1 aliphatic carbocycles.